The Bertz CT molecular complexity index is 1260. The van der Waals surface area contributed by atoms with Crippen molar-refractivity contribution >= 4 is 21.5 Å². The minimum Gasteiger partial charge on any atom is -0.494 e. The number of aromatic nitrogens is 1. The van der Waals surface area contributed by atoms with Gasteiger partial charge in [0.25, 0.3) is 0 Å². The predicted octanol–water partition coefficient (Wildman–Crippen LogP) is 4.46. The minimum atomic E-state index is 0.157. The van der Waals surface area contributed by atoms with E-state index in [2.05, 4.69) is 4.98 Å². The molecule has 6 heteroatoms. The number of benzene rings is 3. The monoisotopic (exact) mass is 361 g/mol. The van der Waals surface area contributed by atoms with Gasteiger partial charge >= 0.3 is 0 Å². The number of fused-ring (bicyclic) bond motifs is 5. The number of aromatic hydroxyl groups is 1. The molecule has 27 heavy (non-hydrogen) atoms. The normalized spacial score (nSPS) is 14.4. The largest absolute Gasteiger partial charge is 0.494 e. The second kappa shape index (κ2) is 5.01. The first-order chi connectivity index (χ1) is 13.2. The van der Waals surface area contributed by atoms with Gasteiger partial charge in [0.1, 0.15) is 0 Å². The lowest BCUT2D eigenvalue weighted by atomic mass is 9.90. The van der Waals surface area contributed by atoms with Crippen molar-refractivity contribution in [3.8, 4) is 40.0 Å². The Morgan fingerprint density at radius 1 is 0.852 bits per heavy atom. The van der Waals surface area contributed by atoms with E-state index >= 15 is 0 Å². The first-order valence-electron chi connectivity index (χ1n) is 8.67. The maximum atomic E-state index is 10.4. The van der Waals surface area contributed by atoms with Gasteiger partial charge in [-0.15, -0.1) is 0 Å². The van der Waals surface area contributed by atoms with Gasteiger partial charge in [0.15, 0.2) is 28.9 Å². The van der Waals surface area contributed by atoms with Gasteiger partial charge in [-0.25, -0.2) is 0 Å². The van der Waals surface area contributed by atoms with Crippen molar-refractivity contribution in [2.24, 2.45) is 0 Å². The summed E-state index contributed by atoms with van der Waals surface area (Å²) in [6, 6.07) is 9.79. The average molecular weight is 361 g/mol. The molecule has 0 saturated carbocycles. The third-order valence-corrected chi connectivity index (χ3v) is 5.36. The maximum absolute atomic E-state index is 10.4. The van der Waals surface area contributed by atoms with Crippen LogP contribution in [0.2, 0.25) is 0 Å². The number of ether oxygens (including phenoxy) is 4. The Kier molecular flexibility index (Phi) is 2.71. The van der Waals surface area contributed by atoms with Gasteiger partial charge in [-0.05, 0) is 41.6 Å². The molecule has 2 aliphatic heterocycles. The Hall–Kier alpha value is -3.54. The zero-order valence-electron chi connectivity index (χ0n) is 14.5. The van der Waals surface area contributed by atoms with E-state index in [9.17, 15) is 5.11 Å². The molecule has 0 saturated heterocycles. The van der Waals surface area contributed by atoms with Crippen LogP contribution in [0.3, 0.4) is 0 Å². The van der Waals surface area contributed by atoms with Crippen LogP contribution in [0.4, 0.5) is 0 Å². The molecule has 0 atom stereocenters. The van der Waals surface area contributed by atoms with Gasteiger partial charge in [0.05, 0.1) is 0 Å². The van der Waals surface area contributed by atoms with Gasteiger partial charge in [-0.1, -0.05) is 12.1 Å². The third-order valence-electron chi connectivity index (χ3n) is 5.36. The fraction of sp³-hybridized carbons (Fsp3) is 0.143. The van der Waals surface area contributed by atoms with E-state index in [-0.39, 0.29) is 19.5 Å². The van der Waals surface area contributed by atoms with Crippen molar-refractivity contribution in [3.63, 3.8) is 0 Å². The van der Waals surface area contributed by atoms with E-state index < -0.39 is 0 Å². The fourth-order valence-electron chi connectivity index (χ4n) is 4.14. The van der Waals surface area contributed by atoms with Crippen LogP contribution in [-0.4, -0.2) is 23.7 Å². The van der Waals surface area contributed by atoms with Crippen LogP contribution < -0.4 is 18.9 Å². The van der Waals surface area contributed by atoms with Gasteiger partial charge < -0.3 is 29.0 Å². The maximum Gasteiger partial charge on any atom is 0.231 e. The standard InChI is InChI=1S/C21H15NO5/c1-10-12-3-5-15-20(27-9-25-15)19(12)18(13-7-22-21(23)17(10)13)11-2-4-14-16(6-11)26-8-24-14/h2-7,22-23H,8-9H2,1H3. The molecular formula is C21H15NO5. The van der Waals surface area contributed by atoms with Gasteiger partial charge in [0.2, 0.25) is 13.6 Å². The SMILES string of the molecule is Cc1c2ccc3c(c2c(-c2ccc4c(c2)OCO4)c2c[nH]c(O)c12)OCO3. The van der Waals surface area contributed by atoms with Crippen LogP contribution >= 0.6 is 0 Å². The zero-order chi connectivity index (χ0) is 18.1. The van der Waals surface area contributed by atoms with Gasteiger partial charge in [-0.2, -0.15) is 0 Å². The molecule has 0 radical (unpaired) electrons. The zero-order valence-corrected chi connectivity index (χ0v) is 14.5. The van der Waals surface area contributed by atoms with Crippen LogP contribution in [0.1, 0.15) is 5.56 Å². The lowest BCUT2D eigenvalue weighted by Gasteiger charge is -2.15. The third kappa shape index (κ3) is 1.84. The topological polar surface area (TPSA) is 72.9 Å². The summed E-state index contributed by atoms with van der Waals surface area (Å²) in [6.45, 7) is 2.43. The van der Waals surface area contributed by atoms with E-state index in [0.717, 1.165) is 55.5 Å². The Morgan fingerprint density at radius 2 is 1.63 bits per heavy atom. The molecule has 6 nitrogen and oxygen atoms in total. The smallest absolute Gasteiger partial charge is 0.231 e. The molecule has 3 aromatic carbocycles. The lowest BCUT2D eigenvalue weighted by molar-refractivity contribution is 0.174. The van der Waals surface area contributed by atoms with E-state index in [1.165, 1.54) is 0 Å². The quantitative estimate of drug-likeness (QED) is 0.524. The highest BCUT2D eigenvalue weighted by Crippen LogP contribution is 2.50. The van der Waals surface area contributed by atoms with Crippen molar-refractivity contribution in [1.29, 1.82) is 0 Å². The average Bonchev–Trinajstić information content (AvgIpc) is 3.40. The molecule has 1 aromatic heterocycles. The molecule has 0 fully saturated rings. The van der Waals surface area contributed by atoms with Crippen molar-refractivity contribution in [3.05, 3.63) is 42.1 Å². The second-order valence-corrected chi connectivity index (χ2v) is 6.72. The molecule has 6 rings (SSSR count). The Labute approximate surface area is 153 Å². The number of nitrogens with one attached hydrogen (secondary N) is 1. The van der Waals surface area contributed by atoms with Crippen LogP contribution in [0.15, 0.2) is 36.5 Å². The van der Waals surface area contributed by atoms with E-state index in [1.54, 1.807) is 0 Å². The molecule has 0 spiro atoms. The molecule has 0 unspecified atom stereocenters. The number of H-pyrrole nitrogens is 1. The Morgan fingerprint density at radius 3 is 2.56 bits per heavy atom. The molecule has 2 aliphatic rings. The second-order valence-electron chi connectivity index (χ2n) is 6.72. The van der Waals surface area contributed by atoms with Crippen molar-refractivity contribution in [2.75, 3.05) is 13.6 Å². The van der Waals surface area contributed by atoms with Crippen LogP contribution in [-0.2, 0) is 0 Å². The Balaban J connectivity index is 1.81. The van der Waals surface area contributed by atoms with E-state index in [4.69, 9.17) is 18.9 Å². The lowest BCUT2D eigenvalue weighted by Crippen LogP contribution is -1.94. The highest BCUT2D eigenvalue weighted by molar-refractivity contribution is 6.18. The van der Waals surface area contributed by atoms with E-state index in [0.29, 0.717) is 5.75 Å². The molecule has 0 amide bonds. The summed E-state index contributed by atoms with van der Waals surface area (Å²) >= 11 is 0. The predicted molar refractivity (Wildman–Crippen MR) is 99.9 cm³/mol. The summed E-state index contributed by atoms with van der Waals surface area (Å²) in [5, 5.41) is 14.1. The summed E-state index contributed by atoms with van der Waals surface area (Å²) in [4.78, 5) is 2.95. The van der Waals surface area contributed by atoms with Crippen LogP contribution in [0, 0.1) is 6.92 Å². The first kappa shape index (κ1) is 14.6. The first-order valence-corrected chi connectivity index (χ1v) is 8.67. The van der Waals surface area contributed by atoms with Crippen molar-refractivity contribution < 1.29 is 24.1 Å². The molecule has 2 N–H and O–H groups in total. The summed E-state index contributed by atoms with van der Waals surface area (Å²) in [6.07, 6.45) is 1.83. The van der Waals surface area contributed by atoms with Gasteiger partial charge in [0, 0.05) is 27.9 Å². The number of aryl methyl sites for hydroxylation is 1. The summed E-state index contributed by atoms with van der Waals surface area (Å²) in [5.41, 5.74) is 2.90. The molecule has 4 aromatic rings. The number of hydrogen-bond acceptors (Lipinski definition) is 5. The molecule has 0 bridgehead atoms. The number of aromatic amines is 1. The molecule has 0 aliphatic carbocycles. The number of hydrogen-bond donors (Lipinski definition) is 2. The highest BCUT2D eigenvalue weighted by Gasteiger charge is 2.25. The molecular weight excluding hydrogens is 346 g/mol. The van der Waals surface area contributed by atoms with Crippen LogP contribution in [0.25, 0.3) is 32.7 Å². The summed E-state index contributed by atoms with van der Waals surface area (Å²) < 4.78 is 22.5. The summed E-state index contributed by atoms with van der Waals surface area (Å²) in [5.74, 6) is 3.05. The highest BCUT2D eigenvalue weighted by atomic mass is 16.7. The van der Waals surface area contributed by atoms with Crippen molar-refractivity contribution in [2.45, 2.75) is 6.92 Å². The molecule has 134 valence electrons. The van der Waals surface area contributed by atoms with Crippen LogP contribution in [0.5, 0.6) is 28.9 Å². The van der Waals surface area contributed by atoms with Gasteiger partial charge in [-0.3, -0.25) is 0 Å². The summed E-state index contributed by atoms with van der Waals surface area (Å²) in [7, 11) is 0. The number of rotatable bonds is 1. The minimum absolute atomic E-state index is 0.157. The van der Waals surface area contributed by atoms with Crippen molar-refractivity contribution in [1.82, 2.24) is 4.98 Å². The fourth-order valence-corrected chi connectivity index (χ4v) is 4.14. The van der Waals surface area contributed by atoms with E-state index in [1.807, 2.05) is 43.5 Å². The molecule has 3 heterocycles.